The Morgan fingerprint density at radius 2 is 1.60 bits per heavy atom. The second-order valence-corrected chi connectivity index (χ2v) is 8.25. The molecule has 5 nitrogen and oxygen atoms in total. The number of hydrogen-bond donors (Lipinski definition) is 2. The Labute approximate surface area is 150 Å². The van der Waals surface area contributed by atoms with Gasteiger partial charge in [0.05, 0.1) is 0 Å². The molecule has 136 valence electrons. The molecule has 25 heavy (non-hydrogen) atoms. The smallest absolute Gasteiger partial charge is 0.251 e. The SMILES string of the molecule is CC(C)(C)NC(=O)c1ccc(C(=O)N[C@H]2CCN3CCCC[C@H]23)cc1. The van der Waals surface area contributed by atoms with Crippen LogP contribution in [0.15, 0.2) is 24.3 Å². The minimum atomic E-state index is -0.276. The standard InChI is InChI=1S/C20H29N3O2/c1-20(2,3)22-19(25)15-9-7-14(8-10-15)18(24)21-16-11-13-23-12-5-4-6-17(16)23/h7-10,16-17H,4-6,11-13H2,1-3H3,(H,21,24)(H,22,25)/t16-,17+/m0/s1. The molecule has 0 saturated carbocycles. The lowest BCUT2D eigenvalue weighted by Gasteiger charge is -2.32. The van der Waals surface area contributed by atoms with Crippen molar-refractivity contribution in [2.75, 3.05) is 13.1 Å². The molecule has 2 aliphatic heterocycles. The van der Waals surface area contributed by atoms with Gasteiger partial charge in [-0.15, -0.1) is 0 Å². The average molecular weight is 343 g/mol. The zero-order valence-corrected chi connectivity index (χ0v) is 15.5. The number of fused-ring (bicyclic) bond motifs is 1. The summed E-state index contributed by atoms with van der Waals surface area (Å²) < 4.78 is 0. The number of benzene rings is 1. The summed E-state index contributed by atoms with van der Waals surface area (Å²) in [4.78, 5) is 27.2. The van der Waals surface area contributed by atoms with Crippen LogP contribution in [0.5, 0.6) is 0 Å². The van der Waals surface area contributed by atoms with Gasteiger partial charge in [0.1, 0.15) is 0 Å². The monoisotopic (exact) mass is 343 g/mol. The maximum atomic E-state index is 12.6. The van der Waals surface area contributed by atoms with Gasteiger partial charge in [0.15, 0.2) is 0 Å². The van der Waals surface area contributed by atoms with Crippen LogP contribution >= 0.6 is 0 Å². The van der Waals surface area contributed by atoms with Crippen LogP contribution < -0.4 is 10.6 Å². The van der Waals surface area contributed by atoms with E-state index in [1.165, 1.54) is 19.3 Å². The largest absolute Gasteiger partial charge is 0.348 e. The van der Waals surface area contributed by atoms with Gasteiger partial charge in [-0.3, -0.25) is 14.5 Å². The molecular weight excluding hydrogens is 314 g/mol. The Kier molecular flexibility index (Phi) is 5.13. The Bertz CT molecular complexity index is 633. The second kappa shape index (κ2) is 7.16. The third-order valence-electron chi connectivity index (χ3n) is 5.07. The molecule has 3 rings (SSSR count). The van der Waals surface area contributed by atoms with Crippen molar-refractivity contribution < 1.29 is 9.59 Å². The number of rotatable bonds is 3. The molecule has 0 bridgehead atoms. The van der Waals surface area contributed by atoms with E-state index in [1.807, 2.05) is 20.8 Å². The van der Waals surface area contributed by atoms with Crippen LogP contribution in [0, 0.1) is 0 Å². The summed E-state index contributed by atoms with van der Waals surface area (Å²) in [6, 6.07) is 7.65. The summed E-state index contributed by atoms with van der Waals surface area (Å²) in [5.41, 5.74) is 0.911. The topological polar surface area (TPSA) is 61.4 Å². The molecule has 2 atom stereocenters. The fourth-order valence-corrected chi connectivity index (χ4v) is 3.85. The Balaban J connectivity index is 1.60. The van der Waals surface area contributed by atoms with Gasteiger partial charge in [0.2, 0.25) is 0 Å². The fourth-order valence-electron chi connectivity index (χ4n) is 3.85. The highest BCUT2D eigenvalue weighted by Crippen LogP contribution is 2.27. The normalized spacial score (nSPS) is 23.8. The molecular formula is C20H29N3O2. The summed E-state index contributed by atoms with van der Waals surface area (Å²) in [5, 5.41) is 6.13. The van der Waals surface area contributed by atoms with Crippen molar-refractivity contribution in [3.8, 4) is 0 Å². The highest BCUT2D eigenvalue weighted by atomic mass is 16.2. The van der Waals surface area contributed by atoms with Crippen LogP contribution in [0.25, 0.3) is 0 Å². The van der Waals surface area contributed by atoms with Crippen LogP contribution in [-0.4, -0.2) is 47.4 Å². The zero-order chi connectivity index (χ0) is 18.0. The molecule has 0 unspecified atom stereocenters. The van der Waals surface area contributed by atoms with Crippen molar-refractivity contribution >= 4 is 11.8 Å². The van der Waals surface area contributed by atoms with E-state index in [2.05, 4.69) is 15.5 Å². The quantitative estimate of drug-likeness (QED) is 0.887. The Hall–Kier alpha value is -1.88. The van der Waals surface area contributed by atoms with Crippen molar-refractivity contribution in [1.29, 1.82) is 0 Å². The van der Waals surface area contributed by atoms with Crippen LogP contribution in [0.3, 0.4) is 0 Å². The predicted octanol–water partition coefficient (Wildman–Crippen LogP) is 2.57. The van der Waals surface area contributed by atoms with Crippen LogP contribution in [0.2, 0.25) is 0 Å². The lowest BCUT2D eigenvalue weighted by atomic mass is 9.98. The third kappa shape index (κ3) is 4.40. The maximum Gasteiger partial charge on any atom is 0.251 e. The first kappa shape index (κ1) is 17.9. The lowest BCUT2D eigenvalue weighted by molar-refractivity contribution is 0.0904. The number of carbonyl (C=O) groups is 2. The van der Waals surface area contributed by atoms with Crippen LogP contribution in [0.4, 0.5) is 0 Å². The summed E-state index contributed by atoms with van der Waals surface area (Å²) in [7, 11) is 0. The molecule has 2 fully saturated rings. The molecule has 2 heterocycles. The van der Waals surface area contributed by atoms with E-state index in [9.17, 15) is 9.59 Å². The van der Waals surface area contributed by atoms with Gasteiger partial charge in [-0.25, -0.2) is 0 Å². The first-order chi connectivity index (χ1) is 11.8. The molecule has 0 aromatic heterocycles. The molecule has 1 aromatic carbocycles. The summed E-state index contributed by atoms with van der Waals surface area (Å²) in [5.74, 6) is -0.159. The summed E-state index contributed by atoms with van der Waals surface area (Å²) >= 11 is 0. The first-order valence-corrected chi connectivity index (χ1v) is 9.31. The number of nitrogens with one attached hydrogen (secondary N) is 2. The van der Waals surface area contributed by atoms with Gasteiger partial charge < -0.3 is 10.6 Å². The molecule has 2 N–H and O–H groups in total. The van der Waals surface area contributed by atoms with E-state index in [4.69, 9.17) is 0 Å². The Morgan fingerprint density at radius 3 is 2.24 bits per heavy atom. The number of hydrogen-bond acceptors (Lipinski definition) is 3. The average Bonchev–Trinajstić information content (AvgIpc) is 2.96. The van der Waals surface area contributed by atoms with Crippen molar-refractivity contribution in [3.05, 3.63) is 35.4 Å². The molecule has 5 heteroatoms. The van der Waals surface area contributed by atoms with E-state index in [-0.39, 0.29) is 23.4 Å². The lowest BCUT2D eigenvalue weighted by Crippen LogP contribution is -2.46. The van der Waals surface area contributed by atoms with E-state index >= 15 is 0 Å². The van der Waals surface area contributed by atoms with E-state index in [0.29, 0.717) is 17.2 Å². The van der Waals surface area contributed by atoms with Crippen molar-refractivity contribution in [3.63, 3.8) is 0 Å². The van der Waals surface area contributed by atoms with Crippen molar-refractivity contribution in [2.45, 2.75) is 64.1 Å². The van der Waals surface area contributed by atoms with Gasteiger partial charge in [-0.1, -0.05) is 6.42 Å². The van der Waals surface area contributed by atoms with E-state index < -0.39 is 0 Å². The maximum absolute atomic E-state index is 12.6. The summed E-state index contributed by atoms with van der Waals surface area (Å²) in [6.45, 7) is 8.09. The van der Waals surface area contributed by atoms with E-state index in [0.717, 1.165) is 19.5 Å². The predicted molar refractivity (Wildman–Crippen MR) is 98.7 cm³/mol. The second-order valence-electron chi connectivity index (χ2n) is 8.25. The van der Waals surface area contributed by atoms with Gasteiger partial charge in [0, 0.05) is 35.3 Å². The van der Waals surface area contributed by atoms with Crippen LogP contribution in [-0.2, 0) is 0 Å². The third-order valence-corrected chi connectivity index (χ3v) is 5.07. The van der Waals surface area contributed by atoms with Gasteiger partial charge in [0.25, 0.3) is 11.8 Å². The zero-order valence-electron chi connectivity index (χ0n) is 15.5. The van der Waals surface area contributed by atoms with E-state index in [1.54, 1.807) is 24.3 Å². The van der Waals surface area contributed by atoms with Crippen molar-refractivity contribution in [2.24, 2.45) is 0 Å². The highest BCUT2D eigenvalue weighted by Gasteiger charge is 2.36. The van der Waals surface area contributed by atoms with Gasteiger partial charge >= 0.3 is 0 Å². The minimum Gasteiger partial charge on any atom is -0.348 e. The van der Waals surface area contributed by atoms with Crippen LogP contribution in [0.1, 0.15) is 67.2 Å². The highest BCUT2D eigenvalue weighted by molar-refractivity contribution is 5.98. The molecule has 0 radical (unpaired) electrons. The molecule has 0 spiro atoms. The number of amides is 2. The molecule has 2 amide bonds. The van der Waals surface area contributed by atoms with Gasteiger partial charge in [-0.2, -0.15) is 0 Å². The molecule has 0 aliphatic carbocycles. The number of carbonyl (C=O) groups excluding carboxylic acids is 2. The Morgan fingerprint density at radius 1 is 0.960 bits per heavy atom. The summed E-state index contributed by atoms with van der Waals surface area (Å²) in [6.07, 6.45) is 4.74. The molecule has 2 aliphatic rings. The van der Waals surface area contributed by atoms with Gasteiger partial charge in [-0.05, 0) is 70.8 Å². The van der Waals surface area contributed by atoms with Crippen molar-refractivity contribution in [1.82, 2.24) is 15.5 Å². The first-order valence-electron chi connectivity index (χ1n) is 9.31. The number of piperidine rings is 1. The fraction of sp³-hybridized carbons (Fsp3) is 0.600. The number of nitrogens with zero attached hydrogens (tertiary/aromatic N) is 1. The minimum absolute atomic E-state index is 0.0415. The molecule has 2 saturated heterocycles. The molecule has 1 aromatic rings.